The van der Waals surface area contributed by atoms with Crippen LogP contribution >= 0.6 is 0 Å². The quantitative estimate of drug-likeness (QED) is 0.471. The summed E-state index contributed by atoms with van der Waals surface area (Å²) in [4.78, 5) is 36.2. The predicted octanol–water partition coefficient (Wildman–Crippen LogP) is 4.13. The predicted molar refractivity (Wildman–Crippen MR) is 128 cm³/mol. The van der Waals surface area contributed by atoms with Gasteiger partial charge in [0.05, 0.1) is 37.2 Å². The van der Waals surface area contributed by atoms with Crippen LogP contribution in [0, 0.1) is 0 Å². The van der Waals surface area contributed by atoms with E-state index in [9.17, 15) is 9.59 Å². The molecule has 172 valence electrons. The molecule has 0 radical (unpaired) electrons. The number of benzene rings is 3. The van der Waals surface area contributed by atoms with Crippen molar-refractivity contribution in [1.29, 1.82) is 0 Å². The molecule has 0 fully saturated rings. The molecule has 2 atom stereocenters. The zero-order valence-electron chi connectivity index (χ0n) is 19.0. The fourth-order valence-electron chi connectivity index (χ4n) is 4.62. The van der Waals surface area contributed by atoms with Crippen molar-refractivity contribution in [3.8, 4) is 11.5 Å². The monoisotopic (exact) mass is 456 g/mol. The summed E-state index contributed by atoms with van der Waals surface area (Å²) in [6.07, 6.45) is 0. The Balaban J connectivity index is 1.60. The van der Waals surface area contributed by atoms with Crippen LogP contribution in [0.25, 0.3) is 11.0 Å². The van der Waals surface area contributed by atoms with E-state index in [1.807, 2.05) is 48.5 Å². The molecule has 2 amide bonds. The van der Waals surface area contributed by atoms with Crippen molar-refractivity contribution < 1.29 is 19.1 Å². The van der Waals surface area contributed by atoms with Gasteiger partial charge in [0, 0.05) is 12.6 Å². The highest BCUT2D eigenvalue weighted by Gasteiger charge is 2.43. The number of imidazole rings is 1. The number of ether oxygens (including phenoxy) is 2. The topological polar surface area (TPSA) is 96.5 Å². The fourth-order valence-corrected chi connectivity index (χ4v) is 4.62. The lowest BCUT2D eigenvalue weighted by Crippen LogP contribution is -2.44. The lowest BCUT2D eigenvalue weighted by molar-refractivity contribution is -0.119. The molecular formula is C26H24N4O4. The number of aromatic nitrogens is 2. The minimum Gasteiger partial charge on any atom is -0.493 e. The number of para-hydroxylation sites is 2. The van der Waals surface area contributed by atoms with E-state index in [-0.39, 0.29) is 11.8 Å². The highest BCUT2D eigenvalue weighted by atomic mass is 16.5. The number of likely N-dealkylation sites (N-methyl/N-ethyl adjacent to an activating group) is 1. The lowest BCUT2D eigenvalue weighted by atomic mass is 9.79. The van der Waals surface area contributed by atoms with Crippen LogP contribution in [-0.4, -0.2) is 47.9 Å². The van der Waals surface area contributed by atoms with Crippen LogP contribution in [0.4, 0.5) is 5.95 Å². The molecule has 0 unspecified atom stereocenters. The van der Waals surface area contributed by atoms with Crippen molar-refractivity contribution in [2.45, 2.75) is 12.0 Å². The molecule has 34 heavy (non-hydrogen) atoms. The average molecular weight is 457 g/mol. The van der Waals surface area contributed by atoms with Gasteiger partial charge < -0.3 is 19.4 Å². The molecular weight excluding hydrogens is 432 g/mol. The summed E-state index contributed by atoms with van der Waals surface area (Å²) in [5.74, 6) is 0.351. The minimum absolute atomic E-state index is 0.150. The molecule has 0 saturated heterocycles. The Kier molecular flexibility index (Phi) is 5.41. The number of anilines is 1. The van der Waals surface area contributed by atoms with Gasteiger partial charge in [-0.3, -0.25) is 14.9 Å². The minimum atomic E-state index is -0.676. The number of hydrogen-bond acceptors (Lipinski definition) is 5. The van der Waals surface area contributed by atoms with E-state index in [4.69, 9.17) is 9.47 Å². The van der Waals surface area contributed by atoms with Crippen molar-refractivity contribution in [3.63, 3.8) is 0 Å². The highest BCUT2D eigenvalue weighted by Crippen LogP contribution is 2.44. The molecule has 1 aromatic heterocycles. The molecule has 3 aromatic carbocycles. The van der Waals surface area contributed by atoms with Gasteiger partial charge in [-0.1, -0.05) is 36.4 Å². The van der Waals surface area contributed by atoms with E-state index >= 15 is 0 Å². The second-order valence-corrected chi connectivity index (χ2v) is 8.13. The standard InChI is InChI=1S/C26H24N4O4/c1-30-23(15-12-13-20(33-2)21(14-15)34-3)22(16-8-4-5-9-17(16)25(30)32)24(31)29-26-27-18-10-6-7-11-19(18)28-26/h4-14,22-23H,1-3H3,(H2,27,28,29,31)/t22-,23+/m1/s1. The number of hydrogen-bond donors (Lipinski definition) is 2. The Labute approximate surface area is 196 Å². The van der Waals surface area contributed by atoms with E-state index in [0.29, 0.717) is 28.6 Å². The number of H-pyrrole nitrogens is 1. The van der Waals surface area contributed by atoms with Crippen molar-refractivity contribution in [3.05, 3.63) is 83.4 Å². The van der Waals surface area contributed by atoms with Crippen LogP contribution in [-0.2, 0) is 4.79 Å². The molecule has 1 aliphatic heterocycles. The van der Waals surface area contributed by atoms with Gasteiger partial charge in [-0.05, 0) is 41.5 Å². The fraction of sp³-hybridized carbons (Fsp3) is 0.192. The first-order valence-corrected chi connectivity index (χ1v) is 10.9. The first-order valence-electron chi connectivity index (χ1n) is 10.9. The lowest BCUT2D eigenvalue weighted by Gasteiger charge is -2.39. The molecule has 0 spiro atoms. The molecule has 8 nitrogen and oxygen atoms in total. The van der Waals surface area contributed by atoms with E-state index < -0.39 is 12.0 Å². The molecule has 5 rings (SSSR count). The van der Waals surface area contributed by atoms with Gasteiger partial charge in [0.2, 0.25) is 11.9 Å². The summed E-state index contributed by atoms with van der Waals surface area (Å²) in [5, 5.41) is 2.93. The third-order valence-corrected chi connectivity index (χ3v) is 6.24. The molecule has 1 aliphatic rings. The summed E-state index contributed by atoms with van der Waals surface area (Å²) in [6, 6.07) is 19.7. The number of nitrogens with zero attached hydrogens (tertiary/aromatic N) is 2. The van der Waals surface area contributed by atoms with Crippen LogP contribution in [0.15, 0.2) is 66.7 Å². The number of fused-ring (bicyclic) bond motifs is 2. The summed E-state index contributed by atoms with van der Waals surface area (Å²) in [7, 11) is 4.83. The SMILES string of the molecule is COc1ccc([C@H]2[C@H](C(=O)Nc3nc4ccccc4[nH]3)c3ccccc3C(=O)N2C)cc1OC. The first-order chi connectivity index (χ1) is 16.5. The van der Waals surface area contributed by atoms with E-state index in [1.54, 1.807) is 44.4 Å². The summed E-state index contributed by atoms with van der Waals surface area (Å²) in [6.45, 7) is 0. The Bertz CT molecular complexity index is 1360. The number of nitrogens with one attached hydrogen (secondary N) is 2. The average Bonchev–Trinajstić information content (AvgIpc) is 3.27. The molecule has 2 N–H and O–H groups in total. The van der Waals surface area contributed by atoms with Gasteiger partial charge in [-0.15, -0.1) is 0 Å². The maximum Gasteiger partial charge on any atom is 0.254 e. The smallest absolute Gasteiger partial charge is 0.254 e. The third-order valence-electron chi connectivity index (χ3n) is 6.24. The van der Waals surface area contributed by atoms with Gasteiger partial charge in [-0.25, -0.2) is 4.98 Å². The molecule has 0 bridgehead atoms. The molecule has 0 aliphatic carbocycles. The molecule has 4 aromatic rings. The van der Waals surface area contributed by atoms with Gasteiger partial charge in [0.15, 0.2) is 11.5 Å². The van der Waals surface area contributed by atoms with Gasteiger partial charge >= 0.3 is 0 Å². The second kappa shape index (κ2) is 8.55. The number of aromatic amines is 1. The maximum absolute atomic E-state index is 13.8. The van der Waals surface area contributed by atoms with Crippen molar-refractivity contribution in [2.24, 2.45) is 0 Å². The largest absolute Gasteiger partial charge is 0.493 e. The molecule has 8 heteroatoms. The van der Waals surface area contributed by atoms with E-state index in [0.717, 1.165) is 16.6 Å². The van der Waals surface area contributed by atoms with Gasteiger partial charge in [0.25, 0.3) is 5.91 Å². The van der Waals surface area contributed by atoms with Crippen LogP contribution in [0.2, 0.25) is 0 Å². The number of amides is 2. The summed E-state index contributed by atoms with van der Waals surface area (Å²) in [5.41, 5.74) is 3.51. The van der Waals surface area contributed by atoms with Crippen LogP contribution < -0.4 is 14.8 Å². The Morgan fingerprint density at radius 1 is 1.00 bits per heavy atom. The Morgan fingerprint density at radius 2 is 1.74 bits per heavy atom. The normalized spacial score (nSPS) is 17.4. The second-order valence-electron chi connectivity index (χ2n) is 8.13. The molecule has 2 heterocycles. The van der Waals surface area contributed by atoms with Gasteiger partial charge in [0.1, 0.15) is 0 Å². The van der Waals surface area contributed by atoms with E-state index in [1.165, 1.54) is 0 Å². The number of carbonyl (C=O) groups is 2. The Morgan fingerprint density at radius 3 is 2.50 bits per heavy atom. The third kappa shape index (κ3) is 3.53. The van der Waals surface area contributed by atoms with E-state index in [2.05, 4.69) is 15.3 Å². The van der Waals surface area contributed by atoms with Crippen molar-refractivity contribution in [1.82, 2.24) is 14.9 Å². The van der Waals surface area contributed by atoms with Crippen molar-refractivity contribution in [2.75, 3.05) is 26.6 Å². The maximum atomic E-state index is 13.8. The number of methoxy groups -OCH3 is 2. The van der Waals surface area contributed by atoms with Crippen LogP contribution in [0.1, 0.15) is 33.4 Å². The first kappa shape index (κ1) is 21.5. The van der Waals surface area contributed by atoms with Crippen LogP contribution in [0.5, 0.6) is 11.5 Å². The number of rotatable bonds is 5. The Hall–Kier alpha value is -4.33. The van der Waals surface area contributed by atoms with Crippen molar-refractivity contribution >= 4 is 28.8 Å². The van der Waals surface area contributed by atoms with Gasteiger partial charge in [-0.2, -0.15) is 0 Å². The number of carbonyl (C=O) groups excluding carboxylic acids is 2. The summed E-state index contributed by atoms with van der Waals surface area (Å²) >= 11 is 0. The van der Waals surface area contributed by atoms with Crippen LogP contribution in [0.3, 0.4) is 0 Å². The zero-order chi connectivity index (χ0) is 23.8. The highest BCUT2D eigenvalue weighted by molar-refractivity contribution is 6.04. The molecule has 0 saturated carbocycles. The summed E-state index contributed by atoms with van der Waals surface area (Å²) < 4.78 is 10.8. The zero-order valence-corrected chi connectivity index (χ0v) is 19.0.